The number of rotatable bonds is 7. The Kier molecular flexibility index (Phi) is 10.1. The Hall–Kier alpha value is -12.3. The van der Waals surface area contributed by atoms with Crippen LogP contribution in [-0.2, 0) is 0 Å². The molecule has 0 saturated carbocycles. The molecule has 0 bridgehead atoms. The van der Waals surface area contributed by atoms with Crippen molar-refractivity contribution in [1.82, 2.24) is 23.7 Å². The van der Waals surface area contributed by atoms with E-state index in [1.165, 1.54) is 21.8 Å². The zero-order valence-corrected chi connectivity index (χ0v) is 48.1. The molecule has 0 atom stereocenters. The first kappa shape index (κ1) is 48.9. The molecular formula is C82H47N5O3. The van der Waals surface area contributed by atoms with Gasteiger partial charge >= 0.3 is 0 Å². The SMILES string of the molecule is c1ccc(-n2c3ccccc3c3cc(-c4ccc5oc6ccc(-c7cccc(-n8c9ccccc9c9c8ccc8c%10ccccc%10n(-c%10nc(-c%11ccc%12oc%13ccccc%13c%12c%11)cc(-c%11ccc%12oc%13ccccc%13c%12c%11)n%10)c89)c7)cc6c5c4)ccc32)cc1. The van der Waals surface area contributed by atoms with E-state index in [2.05, 4.69) is 275 Å². The Bertz CT molecular complexity index is 6300. The third-order valence-corrected chi connectivity index (χ3v) is 18.7. The molecule has 0 aliphatic carbocycles. The molecule has 8 nitrogen and oxygen atoms in total. The minimum atomic E-state index is 0.567. The molecule has 90 heavy (non-hydrogen) atoms. The molecule has 0 fully saturated rings. The minimum Gasteiger partial charge on any atom is -0.456 e. The van der Waals surface area contributed by atoms with Gasteiger partial charge in [-0.1, -0.05) is 146 Å². The average Bonchev–Trinajstić information content (AvgIpc) is 1.58. The maximum Gasteiger partial charge on any atom is 0.235 e. The second-order valence-electron chi connectivity index (χ2n) is 23.6. The van der Waals surface area contributed by atoms with Gasteiger partial charge in [-0.2, -0.15) is 0 Å². The van der Waals surface area contributed by atoms with Crippen molar-refractivity contribution in [3.05, 3.63) is 285 Å². The highest BCUT2D eigenvalue weighted by Crippen LogP contribution is 2.45. The third kappa shape index (κ3) is 7.18. The lowest BCUT2D eigenvalue weighted by atomic mass is 9.99. The Morgan fingerprint density at radius 1 is 0.222 bits per heavy atom. The summed E-state index contributed by atoms with van der Waals surface area (Å²) < 4.78 is 26.3. The van der Waals surface area contributed by atoms with E-state index in [1.807, 2.05) is 24.3 Å². The van der Waals surface area contributed by atoms with Gasteiger partial charge in [0.2, 0.25) is 5.95 Å². The monoisotopic (exact) mass is 1150 g/mol. The Morgan fingerprint density at radius 3 is 1.23 bits per heavy atom. The molecule has 0 amide bonds. The van der Waals surface area contributed by atoms with E-state index in [-0.39, 0.29) is 0 Å². The number of furan rings is 3. The molecule has 0 aliphatic rings. The largest absolute Gasteiger partial charge is 0.456 e. The summed E-state index contributed by atoms with van der Waals surface area (Å²) in [7, 11) is 0. The van der Waals surface area contributed by atoms with Gasteiger partial charge in [-0.3, -0.25) is 4.57 Å². The summed E-state index contributed by atoms with van der Waals surface area (Å²) >= 11 is 0. The molecule has 20 rings (SSSR count). The van der Waals surface area contributed by atoms with Crippen LogP contribution in [0.3, 0.4) is 0 Å². The molecule has 20 aromatic rings. The number of nitrogens with zero attached hydrogens (tertiary/aromatic N) is 5. The number of aromatic nitrogens is 5. The lowest BCUT2D eigenvalue weighted by molar-refractivity contribution is 0.668. The molecule has 0 N–H and O–H groups in total. The van der Waals surface area contributed by atoms with Crippen LogP contribution in [0, 0.1) is 0 Å². The van der Waals surface area contributed by atoms with Gasteiger partial charge in [-0.05, 0) is 162 Å². The predicted molar refractivity (Wildman–Crippen MR) is 369 cm³/mol. The van der Waals surface area contributed by atoms with Gasteiger partial charge in [-0.15, -0.1) is 0 Å². The normalized spacial score (nSPS) is 12.2. The van der Waals surface area contributed by atoms with Crippen LogP contribution in [0.1, 0.15) is 0 Å². The Labute approximate surface area is 512 Å². The summed E-state index contributed by atoms with van der Waals surface area (Å²) in [5.74, 6) is 0.567. The molecule has 0 unspecified atom stereocenters. The maximum absolute atomic E-state index is 6.58. The number of para-hydroxylation sites is 6. The number of hydrogen-bond acceptors (Lipinski definition) is 5. The molecule has 0 radical (unpaired) electrons. The minimum absolute atomic E-state index is 0.567. The van der Waals surface area contributed by atoms with Crippen molar-refractivity contribution in [2.45, 2.75) is 0 Å². The highest BCUT2D eigenvalue weighted by Gasteiger charge is 2.25. The number of benzene rings is 13. The van der Waals surface area contributed by atoms with Crippen LogP contribution in [0.25, 0.3) is 193 Å². The van der Waals surface area contributed by atoms with E-state index >= 15 is 0 Å². The second kappa shape index (κ2) is 18.6. The van der Waals surface area contributed by atoms with Gasteiger partial charge in [0.15, 0.2) is 0 Å². The van der Waals surface area contributed by atoms with Crippen LogP contribution in [0.15, 0.2) is 298 Å². The van der Waals surface area contributed by atoms with Crippen molar-refractivity contribution in [3.63, 3.8) is 0 Å². The summed E-state index contributed by atoms with van der Waals surface area (Å²) in [5, 5.41) is 13.3. The van der Waals surface area contributed by atoms with Crippen LogP contribution in [0.4, 0.5) is 0 Å². The molecule has 0 saturated heterocycles. The smallest absolute Gasteiger partial charge is 0.235 e. The van der Waals surface area contributed by atoms with E-state index in [0.29, 0.717) is 5.95 Å². The van der Waals surface area contributed by atoms with Gasteiger partial charge in [0.1, 0.15) is 33.5 Å². The van der Waals surface area contributed by atoms with Crippen molar-refractivity contribution < 1.29 is 13.3 Å². The highest BCUT2D eigenvalue weighted by molar-refractivity contribution is 6.26. The summed E-state index contributed by atoms with van der Waals surface area (Å²) in [4.78, 5) is 11.2. The fraction of sp³-hybridized carbons (Fsp3) is 0. The van der Waals surface area contributed by atoms with Gasteiger partial charge in [0, 0.05) is 87.1 Å². The van der Waals surface area contributed by atoms with Crippen molar-refractivity contribution in [2.24, 2.45) is 0 Å². The maximum atomic E-state index is 6.58. The predicted octanol–water partition coefficient (Wildman–Crippen LogP) is 22.1. The fourth-order valence-corrected chi connectivity index (χ4v) is 14.6. The topological polar surface area (TPSA) is 80.0 Å². The van der Waals surface area contributed by atoms with Gasteiger partial charge in [-0.25, -0.2) is 9.97 Å². The quantitative estimate of drug-likeness (QED) is 0.159. The molecule has 0 spiro atoms. The fourth-order valence-electron chi connectivity index (χ4n) is 14.6. The van der Waals surface area contributed by atoms with Crippen molar-refractivity contribution in [1.29, 1.82) is 0 Å². The number of fused-ring (bicyclic) bond motifs is 19. The van der Waals surface area contributed by atoms with Crippen LogP contribution in [0.2, 0.25) is 0 Å². The van der Waals surface area contributed by atoms with E-state index in [4.69, 9.17) is 23.2 Å². The first-order valence-corrected chi connectivity index (χ1v) is 30.4. The lowest BCUT2D eigenvalue weighted by Gasteiger charge is -2.13. The van der Waals surface area contributed by atoms with E-state index in [9.17, 15) is 0 Å². The standard InChI is InChI=1S/C82H47N5O3/c1-2-16-54(17-3-1)85-69-24-9-5-20-57(69)62-42-49(29-35-72(62)85)51-31-38-79-66(44-51)65-43-50(30-37-78(65)90-79)48-15-14-18-55(41-48)86-71-26-11-6-23-61(71)80-73(86)36-34-60-56-19-4-10-25-70(56)87(81(60)80)82-83-67(52-32-39-76-63(45-52)58-21-7-12-27-74(58)88-76)47-68(84-82)53-33-40-77-64(46-53)59-22-8-13-28-75(59)89-77/h1-47H. The lowest BCUT2D eigenvalue weighted by Crippen LogP contribution is -2.04. The second-order valence-corrected chi connectivity index (χ2v) is 23.6. The molecule has 0 aliphatic heterocycles. The Balaban J connectivity index is 0.747. The van der Waals surface area contributed by atoms with E-state index in [0.717, 1.165) is 166 Å². The number of hydrogen-bond donors (Lipinski definition) is 0. The summed E-state index contributed by atoms with van der Waals surface area (Å²) in [6, 6.07) is 102. The Morgan fingerprint density at radius 2 is 0.622 bits per heavy atom. The average molecular weight is 1150 g/mol. The molecule has 7 heterocycles. The summed E-state index contributed by atoms with van der Waals surface area (Å²) in [6.45, 7) is 0. The van der Waals surface area contributed by atoms with Crippen molar-refractivity contribution in [3.8, 4) is 62.1 Å². The molecule has 13 aromatic carbocycles. The van der Waals surface area contributed by atoms with Crippen molar-refractivity contribution >= 4 is 131 Å². The molecular weight excluding hydrogens is 1100 g/mol. The van der Waals surface area contributed by atoms with Crippen LogP contribution in [-0.4, -0.2) is 23.7 Å². The summed E-state index contributed by atoms with van der Waals surface area (Å²) in [5.41, 5.74) is 21.8. The highest BCUT2D eigenvalue weighted by atomic mass is 16.3. The molecule has 7 aromatic heterocycles. The van der Waals surface area contributed by atoms with Crippen LogP contribution < -0.4 is 0 Å². The van der Waals surface area contributed by atoms with Crippen molar-refractivity contribution in [2.75, 3.05) is 0 Å². The first-order chi connectivity index (χ1) is 44.6. The van der Waals surface area contributed by atoms with E-state index in [1.54, 1.807) is 0 Å². The van der Waals surface area contributed by atoms with Gasteiger partial charge in [0.25, 0.3) is 0 Å². The van der Waals surface area contributed by atoms with E-state index < -0.39 is 0 Å². The van der Waals surface area contributed by atoms with Crippen LogP contribution in [0.5, 0.6) is 0 Å². The third-order valence-electron chi connectivity index (χ3n) is 18.7. The zero-order valence-electron chi connectivity index (χ0n) is 48.1. The first-order valence-electron chi connectivity index (χ1n) is 30.4. The van der Waals surface area contributed by atoms with Gasteiger partial charge < -0.3 is 22.4 Å². The zero-order chi connectivity index (χ0) is 58.7. The molecule has 8 heteroatoms. The summed E-state index contributed by atoms with van der Waals surface area (Å²) in [6.07, 6.45) is 0. The van der Waals surface area contributed by atoms with Crippen LogP contribution >= 0.6 is 0 Å². The van der Waals surface area contributed by atoms with Gasteiger partial charge in [0.05, 0.1) is 44.5 Å². The molecule has 418 valence electrons.